The zero-order valence-corrected chi connectivity index (χ0v) is 14.9. The molecule has 0 atom stereocenters. The van der Waals surface area contributed by atoms with Crippen LogP contribution in [0.4, 0.5) is 11.4 Å². The van der Waals surface area contributed by atoms with Gasteiger partial charge in [-0.25, -0.2) is 4.79 Å². The summed E-state index contributed by atoms with van der Waals surface area (Å²) >= 11 is 1.35. The number of hydrogen-bond acceptors (Lipinski definition) is 6. The molecule has 7 nitrogen and oxygen atoms in total. The average molecular weight is 362 g/mol. The second-order valence-corrected chi connectivity index (χ2v) is 6.59. The van der Waals surface area contributed by atoms with Gasteiger partial charge in [0.05, 0.1) is 10.6 Å². The molecular weight excluding hydrogens is 344 g/mol. The smallest absolute Gasteiger partial charge is 0.348 e. The van der Waals surface area contributed by atoms with Crippen LogP contribution in [0, 0.1) is 24.0 Å². The third kappa shape index (κ3) is 4.63. The number of amides is 1. The molecule has 1 heterocycles. The molecule has 132 valence electrons. The average Bonchev–Trinajstić information content (AvgIpc) is 2.95. The molecule has 25 heavy (non-hydrogen) atoms. The van der Waals surface area contributed by atoms with Crippen LogP contribution in [-0.4, -0.2) is 23.4 Å². The number of thiophene rings is 1. The number of aryl methyl sites for hydroxylation is 3. The number of non-ortho nitro benzene ring substituents is 1. The molecule has 0 radical (unpaired) electrons. The van der Waals surface area contributed by atoms with Crippen molar-refractivity contribution >= 4 is 34.6 Å². The summed E-state index contributed by atoms with van der Waals surface area (Å²) in [6, 6.07) is 5.91. The Labute approximate surface area is 148 Å². The minimum Gasteiger partial charge on any atom is -0.451 e. The van der Waals surface area contributed by atoms with Crippen LogP contribution in [0.5, 0.6) is 0 Å². The number of esters is 1. The first kappa shape index (κ1) is 18.6. The molecule has 0 aliphatic rings. The number of rotatable bonds is 6. The van der Waals surface area contributed by atoms with Gasteiger partial charge in [-0.3, -0.25) is 14.9 Å². The first-order valence-electron chi connectivity index (χ1n) is 7.63. The van der Waals surface area contributed by atoms with Crippen LogP contribution in [0.3, 0.4) is 0 Å². The molecule has 1 aromatic heterocycles. The van der Waals surface area contributed by atoms with E-state index >= 15 is 0 Å². The van der Waals surface area contributed by atoms with E-state index in [1.165, 1.54) is 23.5 Å². The van der Waals surface area contributed by atoms with Crippen molar-refractivity contribution in [3.8, 4) is 0 Å². The third-order valence-electron chi connectivity index (χ3n) is 3.58. The van der Waals surface area contributed by atoms with Gasteiger partial charge >= 0.3 is 5.97 Å². The Kier molecular flexibility index (Phi) is 5.87. The second kappa shape index (κ2) is 7.89. The summed E-state index contributed by atoms with van der Waals surface area (Å²) in [5.74, 6) is -1.11. The fraction of sp³-hybridized carbons (Fsp3) is 0.294. The van der Waals surface area contributed by atoms with E-state index in [9.17, 15) is 19.7 Å². The molecule has 0 aliphatic carbocycles. The van der Waals surface area contributed by atoms with Crippen molar-refractivity contribution in [2.75, 3.05) is 11.9 Å². The largest absolute Gasteiger partial charge is 0.451 e. The molecule has 0 bridgehead atoms. The van der Waals surface area contributed by atoms with Crippen molar-refractivity contribution in [2.24, 2.45) is 0 Å². The van der Waals surface area contributed by atoms with Crippen molar-refractivity contribution in [2.45, 2.75) is 27.2 Å². The molecule has 0 saturated heterocycles. The molecule has 0 unspecified atom stereocenters. The lowest BCUT2D eigenvalue weighted by atomic mass is 10.2. The Bertz CT molecular complexity index is 828. The molecule has 0 spiro atoms. The van der Waals surface area contributed by atoms with Gasteiger partial charge in [0.2, 0.25) is 0 Å². The van der Waals surface area contributed by atoms with E-state index in [0.29, 0.717) is 16.1 Å². The molecule has 8 heteroatoms. The maximum absolute atomic E-state index is 12.0. The Morgan fingerprint density at radius 1 is 1.24 bits per heavy atom. The Morgan fingerprint density at radius 2 is 1.96 bits per heavy atom. The minimum atomic E-state index is -0.557. The highest BCUT2D eigenvalue weighted by molar-refractivity contribution is 7.14. The van der Waals surface area contributed by atoms with Crippen molar-refractivity contribution in [3.63, 3.8) is 0 Å². The predicted octanol–water partition coefficient (Wildman–Crippen LogP) is 3.63. The van der Waals surface area contributed by atoms with Gasteiger partial charge in [0.15, 0.2) is 6.61 Å². The highest BCUT2D eigenvalue weighted by Crippen LogP contribution is 2.23. The number of anilines is 1. The van der Waals surface area contributed by atoms with Gasteiger partial charge < -0.3 is 10.1 Å². The summed E-state index contributed by atoms with van der Waals surface area (Å²) < 4.78 is 5.02. The quantitative estimate of drug-likeness (QED) is 0.481. The highest BCUT2D eigenvalue weighted by Gasteiger charge is 2.16. The summed E-state index contributed by atoms with van der Waals surface area (Å²) in [6.45, 7) is 5.18. The van der Waals surface area contributed by atoms with Crippen LogP contribution in [0.2, 0.25) is 0 Å². The van der Waals surface area contributed by atoms with E-state index in [-0.39, 0.29) is 5.69 Å². The van der Waals surface area contributed by atoms with E-state index in [1.54, 1.807) is 19.1 Å². The maximum atomic E-state index is 12.0. The number of carbonyl (C=O) groups excluding carboxylic acids is 2. The number of nitro groups is 1. The summed E-state index contributed by atoms with van der Waals surface area (Å²) in [6.07, 6.45) is 0.830. The molecule has 1 amide bonds. The van der Waals surface area contributed by atoms with Crippen LogP contribution in [-0.2, 0) is 16.0 Å². The van der Waals surface area contributed by atoms with E-state index < -0.39 is 23.4 Å². The van der Waals surface area contributed by atoms with Gasteiger partial charge in [0.25, 0.3) is 11.6 Å². The fourth-order valence-corrected chi connectivity index (χ4v) is 3.23. The van der Waals surface area contributed by atoms with Crippen LogP contribution in [0.1, 0.15) is 32.6 Å². The second-order valence-electron chi connectivity index (χ2n) is 5.45. The van der Waals surface area contributed by atoms with Crippen LogP contribution < -0.4 is 5.32 Å². The molecule has 1 N–H and O–H groups in total. The molecule has 0 saturated carbocycles. The lowest BCUT2D eigenvalue weighted by Crippen LogP contribution is -2.21. The molecule has 1 aromatic carbocycles. The first-order valence-corrected chi connectivity index (χ1v) is 8.44. The number of nitro benzene ring substituents is 1. The van der Waals surface area contributed by atoms with Crippen LogP contribution >= 0.6 is 11.3 Å². The normalized spacial score (nSPS) is 10.4. The molecular formula is C17H18N2O5S. The number of nitrogens with zero attached hydrogens (tertiary/aromatic N) is 1. The molecule has 0 aliphatic heterocycles. The zero-order chi connectivity index (χ0) is 18.6. The number of ether oxygens (including phenoxy) is 1. The van der Waals surface area contributed by atoms with Crippen LogP contribution in [0.25, 0.3) is 0 Å². The van der Waals surface area contributed by atoms with Crippen molar-refractivity contribution < 1.29 is 19.2 Å². The minimum absolute atomic E-state index is 0.126. The van der Waals surface area contributed by atoms with Gasteiger partial charge in [-0.1, -0.05) is 13.0 Å². The summed E-state index contributed by atoms with van der Waals surface area (Å²) in [5, 5.41) is 13.3. The van der Waals surface area contributed by atoms with Gasteiger partial charge in [-0.2, -0.15) is 0 Å². The predicted molar refractivity (Wildman–Crippen MR) is 95.2 cm³/mol. The van der Waals surface area contributed by atoms with E-state index in [0.717, 1.165) is 16.9 Å². The van der Waals surface area contributed by atoms with Gasteiger partial charge in [-0.05, 0) is 37.5 Å². The van der Waals surface area contributed by atoms with E-state index in [4.69, 9.17) is 4.74 Å². The Morgan fingerprint density at radius 3 is 2.56 bits per heavy atom. The molecule has 2 aromatic rings. The molecule has 0 fully saturated rings. The van der Waals surface area contributed by atoms with E-state index in [2.05, 4.69) is 5.32 Å². The number of carbonyl (C=O) groups is 2. The lowest BCUT2D eigenvalue weighted by molar-refractivity contribution is -0.384. The standard InChI is InChI=1S/C17H18N2O5S/c1-4-14-11(3)7-15(25-14)17(21)24-9-16(20)18-13-8-12(19(22)23)6-5-10(13)2/h5-8H,4,9H2,1-3H3,(H,18,20). The fourth-order valence-electron chi connectivity index (χ4n) is 2.22. The monoisotopic (exact) mass is 362 g/mol. The van der Waals surface area contributed by atoms with Gasteiger partial charge in [-0.15, -0.1) is 11.3 Å². The molecule has 2 rings (SSSR count). The van der Waals surface area contributed by atoms with Crippen molar-refractivity contribution in [3.05, 3.63) is 55.3 Å². The van der Waals surface area contributed by atoms with Crippen molar-refractivity contribution in [1.29, 1.82) is 0 Å². The summed E-state index contributed by atoms with van der Waals surface area (Å²) in [4.78, 5) is 35.8. The Hall–Kier alpha value is -2.74. The van der Waals surface area contributed by atoms with Gasteiger partial charge in [0, 0.05) is 17.0 Å². The maximum Gasteiger partial charge on any atom is 0.348 e. The number of hydrogen-bond donors (Lipinski definition) is 1. The van der Waals surface area contributed by atoms with E-state index in [1.807, 2.05) is 13.8 Å². The van der Waals surface area contributed by atoms with Crippen LogP contribution in [0.15, 0.2) is 24.3 Å². The zero-order valence-electron chi connectivity index (χ0n) is 14.1. The third-order valence-corrected chi connectivity index (χ3v) is 4.94. The lowest BCUT2D eigenvalue weighted by Gasteiger charge is -2.08. The topological polar surface area (TPSA) is 98.5 Å². The highest BCUT2D eigenvalue weighted by atomic mass is 32.1. The SMILES string of the molecule is CCc1sc(C(=O)OCC(=O)Nc2cc([N+](=O)[O-])ccc2C)cc1C. The Balaban J connectivity index is 1.97. The first-order chi connectivity index (χ1) is 11.8. The summed E-state index contributed by atoms with van der Waals surface area (Å²) in [7, 11) is 0. The summed E-state index contributed by atoms with van der Waals surface area (Å²) in [5.41, 5.74) is 1.89. The number of benzene rings is 1. The van der Waals surface area contributed by atoms with Crippen molar-refractivity contribution in [1.82, 2.24) is 0 Å². The van der Waals surface area contributed by atoms with Gasteiger partial charge in [0.1, 0.15) is 4.88 Å². The number of nitrogens with one attached hydrogen (secondary N) is 1.